The smallest absolute Gasteiger partial charge is 0.228 e. The van der Waals surface area contributed by atoms with Gasteiger partial charge in [-0.05, 0) is 67.5 Å². The fourth-order valence-corrected chi connectivity index (χ4v) is 6.46. The molecule has 2 heterocycles. The van der Waals surface area contributed by atoms with Gasteiger partial charge in [-0.25, -0.2) is 4.98 Å². The van der Waals surface area contributed by atoms with Crippen LogP contribution in [0.25, 0.3) is 21.8 Å². The Morgan fingerprint density at radius 3 is 2.39 bits per heavy atom. The molecule has 44 heavy (non-hydrogen) atoms. The van der Waals surface area contributed by atoms with Gasteiger partial charge in [0.25, 0.3) is 0 Å². The number of para-hydroxylation sites is 2. The molecule has 1 aliphatic rings. The molecule has 0 bridgehead atoms. The molecule has 0 spiro atoms. The van der Waals surface area contributed by atoms with E-state index in [9.17, 15) is 9.59 Å². The van der Waals surface area contributed by atoms with Crippen LogP contribution in [0.4, 0.5) is 11.8 Å². The molecule has 0 radical (unpaired) electrons. The van der Waals surface area contributed by atoms with E-state index in [1.165, 1.54) is 0 Å². The van der Waals surface area contributed by atoms with Crippen LogP contribution in [0.15, 0.2) is 83.5 Å². The van der Waals surface area contributed by atoms with Gasteiger partial charge >= 0.3 is 0 Å². The summed E-state index contributed by atoms with van der Waals surface area (Å²) in [6, 6.07) is 23.6. The monoisotopic (exact) mass is 652 g/mol. The van der Waals surface area contributed by atoms with E-state index in [4.69, 9.17) is 9.97 Å². The van der Waals surface area contributed by atoms with E-state index in [0.29, 0.717) is 24.0 Å². The maximum atomic E-state index is 13.7. The maximum Gasteiger partial charge on any atom is 0.228 e. The number of ketones is 1. The van der Waals surface area contributed by atoms with Crippen LogP contribution in [0, 0.1) is 5.92 Å². The van der Waals surface area contributed by atoms with Crippen molar-refractivity contribution < 1.29 is 9.59 Å². The molecule has 1 atom stereocenters. The summed E-state index contributed by atoms with van der Waals surface area (Å²) < 4.78 is 0.910. The van der Waals surface area contributed by atoms with E-state index >= 15 is 0 Å². The summed E-state index contributed by atoms with van der Waals surface area (Å²) in [4.78, 5) is 41.9. The number of carbonyl (C=O) groups is 2. The lowest BCUT2D eigenvalue weighted by molar-refractivity contribution is -0.122. The van der Waals surface area contributed by atoms with E-state index in [1.54, 1.807) is 12.1 Å². The van der Waals surface area contributed by atoms with Crippen molar-refractivity contribution in [3.8, 4) is 0 Å². The fourth-order valence-electron chi connectivity index (χ4n) is 6.19. The highest BCUT2D eigenvalue weighted by molar-refractivity contribution is 9.10. The second-order valence-electron chi connectivity index (χ2n) is 11.9. The first-order valence-corrected chi connectivity index (χ1v) is 16.0. The van der Waals surface area contributed by atoms with Crippen LogP contribution in [-0.4, -0.2) is 53.3 Å². The van der Waals surface area contributed by atoms with E-state index in [1.807, 2.05) is 85.9 Å². The first kappa shape index (κ1) is 29.8. The highest BCUT2D eigenvalue weighted by atomic mass is 79.9. The van der Waals surface area contributed by atoms with E-state index in [0.717, 1.165) is 63.3 Å². The minimum Gasteiger partial charge on any atom is -0.362 e. The largest absolute Gasteiger partial charge is 0.362 e. The number of anilines is 2. The molecule has 1 unspecified atom stereocenters. The molecular formula is C35H37BrN6O2. The molecule has 3 aromatic carbocycles. The Balaban J connectivity index is 1.09. The predicted molar refractivity (Wildman–Crippen MR) is 180 cm³/mol. The Labute approximate surface area is 265 Å². The summed E-state index contributed by atoms with van der Waals surface area (Å²) in [7, 11) is 4.00. The third-order valence-corrected chi connectivity index (χ3v) is 9.15. The second-order valence-corrected chi connectivity index (χ2v) is 12.8. The Kier molecular flexibility index (Phi) is 8.93. The standard InChI is InChI=1S/C35H37BrN6O2/c1-42(2)33-27-8-4-6-10-31(27)40-35(41-33)39-25-17-11-22(12-18-25)20-38-34(44)28(19-32(43)23-13-15-24(36)16-14-23)29-21-37-30-9-5-3-7-26(29)30/h3-10,13-16,21-22,25,28,37H,11-12,17-20H2,1-2H3,(H,38,44)(H,39,40,41). The average molecular weight is 654 g/mol. The fraction of sp³-hybridized carbons (Fsp3) is 0.314. The quantitative estimate of drug-likeness (QED) is 0.139. The van der Waals surface area contributed by atoms with Gasteiger partial charge in [0.15, 0.2) is 5.78 Å². The van der Waals surface area contributed by atoms with Crippen molar-refractivity contribution in [3.63, 3.8) is 0 Å². The molecule has 226 valence electrons. The van der Waals surface area contributed by atoms with Crippen molar-refractivity contribution >= 4 is 61.2 Å². The van der Waals surface area contributed by atoms with Gasteiger partial charge in [0.05, 0.1) is 11.4 Å². The van der Waals surface area contributed by atoms with Crippen molar-refractivity contribution in [1.29, 1.82) is 0 Å². The molecule has 0 saturated heterocycles. The van der Waals surface area contributed by atoms with Crippen LogP contribution >= 0.6 is 15.9 Å². The molecule has 9 heteroatoms. The van der Waals surface area contributed by atoms with E-state index in [2.05, 4.69) is 31.5 Å². The number of nitrogens with one attached hydrogen (secondary N) is 3. The Morgan fingerprint density at radius 2 is 1.64 bits per heavy atom. The number of fused-ring (bicyclic) bond motifs is 2. The molecule has 1 aliphatic carbocycles. The Morgan fingerprint density at radius 1 is 0.932 bits per heavy atom. The van der Waals surface area contributed by atoms with Gasteiger partial charge in [0.2, 0.25) is 11.9 Å². The van der Waals surface area contributed by atoms with Gasteiger partial charge in [-0.15, -0.1) is 0 Å². The van der Waals surface area contributed by atoms with E-state index in [-0.39, 0.29) is 24.2 Å². The van der Waals surface area contributed by atoms with Crippen molar-refractivity contribution in [2.75, 3.05) is 30.9 Å². The molecule has 1 fully saturated rings. The molecular weight excluding hydrogens is 616 g/mol. The number of aromatic amines is 1. The summed E-state index contributed by atoms with van der Waals surface area (Å²) in [6.45, 7) is 0.591. The van der Waals surface area contributed by atoms with Crippen LogP contribution in [-0.2, 0) is 4.79 Å². The molecule has 2 aromatic heterocycles. The number of hydrogen-bond donors (Lipinski definition) is 3. The Bertz CT molecular complexity index is 1780. The first-order valence-electron chi connectivity index (χ1n) is 15.2. The minimum absolute atomic E-state index is 0.0529. The van der Waals surface area contributed by atoms with Gasteiger partial charge in [0, 0.05) is 65.6 Å². The first-order chi connectivity index (χ1) is 21.4. The van der Waals surface area contributed by atoms with Crippen molar-refractivity contribution in [1.82, 2.24) is 20.3 Å². The average Bonchev–Trinajstić information content (AvgIpc) is 3.47. The van der Waals surface area contributed by atoms with Crippen LogP contribution in [0.3, 0.4) is 0 Å². The van der Waals surface area contributed by atoms with Gasteiger partial charge in [0.1, 0.15) is 5.82 Å². The molecule has 3 N–H and O–H groups in total. The number of carbonyl (C=O) groups excluding carboxylic acids is 2. The number of rotatable bonds is 10. The van der Waals surface area contributed by atoms with Gasteiger partial charge in [-0.1, -0.05) is 58.4 Å². The molecule has 1 amide bonds. The molecule has 0 aliphatic heterocycles. The normalized spacial score (nSPS) is 17.3. The molecule has 8 nitrogen and oxygen atoms in total. The summed E-state index contributed by atoms with van der Waals surface area (Å²) in [5, 5.41) is 8.78. The van der Waals surface area contributed by atoms with Crippen LogP contribution in [0.2, 0.25) is 0 Å². The number of halogens is 1. The zero-order valence-corrected chi connectivity index (χ0v) is 26.6. The summed E-state index contributed by atoms with van der Waals surface area (Å²) >= 11 is 3.43. The number of H-pyrrole nitrogens is 1. The predicted octanol–water partition coefficient (Wildman–Crippen LogP) is 7.08. The lowest BCUT2D eigenvalue weighted by atomic mass is 9.85. The SMILES string of the molecule is CN(C)c1nc(NC2CCC(CNC(=O)C(CC(=O)c3ccc(Br)cc3)c3c[nH]c4ccccc34)CC2)nc2ccccc12. The molecule has 1 saturated carbocycles. The van der Waals surface area contributed by atoms with Crippen molar-refractivity contribution in [3.05, 3.63) is 94.6 Å². The van der Waals surface area contributed by atoms with Crippen molar-refractivity contribution in [2.24, 2.45) is 5.92 Å². The van der Waals surface area contributed by atoms with Gasteiger partial charge in [-0.3, -0.25) is 9.59 Å². The third kappa shape index (κ3) is 6.63. The highest BCUT2D eigenvalue weighted by Gasteiger charge is 2.29. The zero-order valence-electron chi connectivity index (χ0n) is 25.0. The van der Waals surface area contributed by atoms with Gasteiger partial charge < -0.3 is 20.5 Å². The summed E-state index contributed by atoms with van der Waals surface area (Å²) in [5.41, 5.74) is 3.33. The third-order valence-electron chi connectivity index (χ3n) is 8.62. The minimum atomic E-state index is -0.587. The molecule has 6 rings (SSSR count). The zero-order chi connectivity index (χ0) is 30.6. The topological polar surface area (TPSA) is 103 Å². The number of amides is 1. The number of hydrogen-bond acceptors (Lipinski definition) is 6. The molecule has 5 aromatic rings. The van der Waals surface area contributed by atoms with Crippen LogP contribution in [0.5, 0.6) is 0 Å². The lowest BCUT2D eigenvalue weighted by Crippen LogP contribution is -2.37. The lowest BCUT2D eigenvalue weighted by Gasteiger charge is -2.30. The number of aromatic nitrogens is 3. The summed E-state index contributed by atoms with van der Waals surface area (Å²) in [5.74, 6) is 1.18. The number of Topliss-reactive ketones (excluding diaryl/α,β-unsaturated/α-hetero) is 1. The summed E-state index contributed by atoms with van der Waals surface area (Å²) in [6.07, 6.45) is 5.90. The maximum absolute atomic E-state index is 13.7. The van der Waals surface area contributed by atoms with Crippen molar-refractivity contribution in [2.45, 2.75) is 44.1 Å². The van der Waals surface area contributed by atoms with E-state index < -0.39 is 5.92 Å². The second kappa shape index (κ2) is 13.2. The van der Waals surface area contributed by atoms with Crippen LogP contribution in [0.1, 0.15) is 53.9 Å². The highest BCUT2D eigenvalue weighted by Crippen LogP contribution is 2.31. The van der Waals surface area contributed by atoms with Gasteiger partial charge in [-0.2, -0.15) is 4.98 Å². The Hall–Kier alpha value is -4.24. The number of nitrogens with zero attached hydrogens (tertiary/aromatic N) is 3. The van der Waals surface area contributed by atoms with Crippen LogP contribution < -0.4 is 15.5 Å². The number of benzene rings is 3.